The van der Waals surface area contributed by atoms with Crippen molar-refractivity contribution in [2.45, 2.75) is 91.7 Å². The van der Waals surface area contributed by atoms with Crippen LogP contribution >= 0.6 is 0 Å². The summed E-state index contributed by atoms with van der Waals surface area (Å²) in [5.41, 5.74) is 10.7. The first-order valence-electron chi connectivity index (χ1n) is 14.9. The van der Waals surface area contributed by atoms with E-state index in [-0.39, 0.29) is 47.8 Å². The van der Waals surface area contributed by atoms with Gasteiger partial charge in [-0.15, -0.1) is 11.4 Å². The molecule has 0 amide bonds. The van der Waals surface area contributed by atoms with Gasteiger partial charge in [0.2, 0.25) is 0 Å². The van der Waals surface area contributed by atoms with E-state index < -0.39 is 16.5 Å². The molecule has 0 saturated heterocycles. The van der Waals surface area contributed by atoms with E-state index in [2.05, 4.69) is 93.7 Å². The number of ether oxygens (including phenoxy) is 2. The summed E-state index contributed by atoms with van der Waals surface area (Å²) in [7, 11) is -0.341. The fourth-order valence-electron chi connectivity index (χ4n) is 6.13. The van der Waals surface area contributed by atoms with Gasteiger partial charge >= 0.3 is 37.7 Å². The summed E-state index contributed by atoms with van der Waals surface area (Å²) >= 11 is 0. The molecule has 0 radical (unpaired) electrons. The molecule has 2 aliphatic carbocycles. The number of hydrogen-bond acceptors (Lipinski definition) is 2. The summed E-state index contributed by atoms with van der Waals surface area (Å²) in [6, 6.07) is 16.1. The predicted octanol–water partition coefficient (Wildman–Crippen LogP) is 5.93. The number of nitrogens with zero attached hydrogens (tertiary/aromatic N) is 2. The van der Waals surface area contributed by atoms with Gasteiger partial charge in [-0.1, -0.05) is 98.7 Å². The Balaban J connectivity index is 0.000000421. The van der Waals surface area contributed by atoms with Crippen molar-refractivity contribution in [2.75, 3.05) is 14.2 Å². The van der Waals surface area contributed by atoms with Gasteiger partial charge in [-0.3, -0.25) is 0 Å². The molecule has 2 aromatic rings. The van der Waals surface area contributed by atoms with Gasteiger partial charge in [-0.05, 0) is 104 Å². The first-order valence-corrected chi connectivity index (χ1v) is 20.8. The molecule has 8 heteroatoms. The van der Waals surface area contributed by atoms with Crippen LogP contribution < -0.4 is 47.2 Å². The first kappa shape index (κ1) is 40.3. The van der Waals surface area contributed by atoms with Crippen LogP contribution in [0.3, 0.4) is 0 Å². The first-order chi connectivity index (χ1) is 19.4. The number of hydrogen-bond donors (Lipinski definition) is 0. The number of allylic oxidation sites excluding steroid dienone is 8. The molecule has 0 bridgehead atoms. The van der Waals surface area contributed by atoms with Crippen molar-refractivity contribution in [1.29, 1.82) is 0 Å². The zero-order valence-corrected chi connectivity index (χ0v) is 32.5. The maximum absolute atomic E-state index is 5.22. The molecule has 228 valence electrons. The third-order valence-corrected chi connectivity index (χ3v) is 18.1. The minimum absolute atomic E-state index is 0. The Morgan fingerprint density at radius 3 is 1.00 bits per heavy atom. The van der Waals surface area contributed by atoms with Crippen LogP contribution in [0.2, 0.25) is 36.3 Å². The molecule has 0 spiro atoms. The fourth-order valence-corrected chi connectivity index (χ4v) is 11.5. The molecule has 0 saturated carbocycles. The summed E-state index contributed by atoms with van der Waals surface area (Å²) in [5, 5.41) is 0.197. The number of benzene rings is 2. The molecule has 0 fully saturated rings. The monoisotopic (exact) mass is 614 g/mol. The maximum Gasteiger partial charge on any atom is 1.00 e. The van der Waals surface area contributed by atoms with Crippen molar-refractivity contribution in [2.24, 2.45) is 0 Å². The van der Waals surface area contributed by atoms with Crippen LogP contribution in [0.15, 0.2) is 94.1 Å². The van der Waals surface area contributed by atoms with Crippen molar-refractivity contribution in [3.05, 3.63) is 104 Å². The molecule has 2 aliphatic rings. The second-order valence-corrected chi connectivity index (χ2v) is 22.1. The van der Waals surface area contributed by atoms with Crippen molar-refractivity contribution in [3.63, 3.8) is 0 Å². The molecule has 0 aromatic heterocycles. The third-order valence-electron chi connectivity index (χ3n) is 10.4. The summed E-state index contributed by atoms with van der Waals surface area (Å²) in [6.07, 6.45) is 4.85. The molecule has 2 atom stereocenters. The van der Waals surface area contributed by atoms with Gasteiger partial charge in [-0.2, -0.15) is 0 Å². The minimum atomic E-state index is -1.86. The quantitative estimate of drug-likeness (QED) is 0.346. The molecule has 0 N–H and O–H groups in total. The van der Waals surface area contributed by atoms with Gasteiger partial charge in [0.15, 0.2) is 0 Å². The van der Waals surface area contributed by atoms with E-state index in [9.17, 15) is 0 Å². The topological polar surface area (TPSA) is 46.7 Å². The summed E-state index contributed by atoms with van der Waals surface area (Å²) in [5.74, 6) is 1.76. The smallest absolute Gasteiger partial charge is 0.686 e. The second-order valence-electron chi connectivity index (χ2n) is 13.3. The van der Waals surface area contributed by atoms with Crippen LogP contribution in [0.5, 0.6) is 11.5 Å². The third kappa shape index (κ3) is 7.95. The SMILES string of the molecule is COc1ccc([N-][Si](C)(C)C2(C)C=C(C)C(C)=C2C)cc1.COc1ccc([N-][Si](C)(C)C2(C)C=C(C)C(C)=C2C)cc1.[Li+].[Li+]. The van der Waals surface area contributed by atoms with E-state index in [0.29, 0.717) is 0 Å². The van der Waals surface area contributed by atoms with Gasteiger partial charge in [0.1, 0.15) is 11.5 Å². The van der Waals surface area contributed by atoms with E-state index in [1.165, 1.54) is 33.4 Å². The molecule has 0 heterocycles. The number of rotatable bonds is 8. The zero-order valence-electron chi connectivity index (χ0n) is 30.5. The van der Waals surface area contributed by atoms with Crippen LogP contribution in [-0.4, -0.2) is 30.7 Å². The van der Waals surface area contributed by atoms with Crippen molar-refractivity contribution < 1.29 is 47.2 Å². The van der Waals surface area contributed by atoms with Crippen LogP contribution in [0.25, 0.3) is 9.96 Å². The Morgan fingerprint density at radius 1 is 0.523 bits per heavy atom. The molecule has 44 heavy (non-hydrogen) atoms. The van der Waals surface area contributed by atoms with E-state index in [4.69, 9.17) is 19.4 Å². The normalized spacial score (nSPS) is 21.3. The Labute approximate surface area is 294 Å². The maximum atomic E-state index is 5.22. The number of methoxy groups -OCH3 is 2. The molecule has 4 nitrogen and oxygen atoms in total. The standard InChI is InChI=1S/2C18H26NOSi.2Li/c2*1-13-12-18(4,15(3)14(13)2)21(6,7)19-16-8-10-17(20-5)11-9-16;;/h2*8-12H,1-7H3;;/q2*-1;2*+1. The van der Waals surface area contributed by atoms with E-state index in [1.807, 2.05) is 48.5 Å². The largest absolute Gasteiger partial charge is 1.00 e. The second kappa shape index (κ2) is 15.2. The Bertz CT molecular complexity index is 1320. The molecule has 4 rings (SSSR count). The van der Waals surface area contributed by atoms with Gasteiger partial charge in [-0.25, -0.2) is 0 Å². The summed E-state index contributed by atoms with van der Waals surface area (Å²) in [4.78, 5) is 10.3. The predicted molar refractivity (Wildman–Crippen MR) is 188 cm³/mol. The molecule has 2 unspecified atom stereocenters. The fraction of sp³-hybridized carbons (Fsp3) is 0.444. The van der Waals surface area contributed by atoms with Crippen LogP contribution in [-0.2, 0) is 0 Å². The average molecular weight is 615 g/mol. The Morgan fingerprint density at radius 2 is 0.795 bits per heavy atom. The van der Waals surface area contributed by atoms with Crippen LogP contribution in [0.4, 0.5) is 11.4 Å². The molecule has 2 aromatic carbocycles. The Hall–Kier alpha value is -1.77. The molecular formula is C36H52Li2N2O2Si2. The van der Waals surface area contributed by atoms with Crippen molar-refractivity contribution in [3.8, 4) is 11.5 Å². The van der Waals surface area contributed by atoms with E-state index in [1.54, 1.807) is 14.2 Å². The van der Waals surface area contributed by atoms with Gasteiger partial charge < -0.3 is 19.4 Å². The van der Waals surface area contributed by atoms with Crippen molar-refractivity contribution >= 4 is 27.8 Å². The van der Waals surface area contributed by atoms with Gasteiger partial charge in [0, 0.05) is 0 Å². The van der Waals surface area contributed by atoms with Crippen LogP contribution in [0.1, 0.15) is 55.4 Å². The summed E-state index contributed by atoms with van der Waals surface area (Å²) < 4.78 is 10.4. The van der Waals surface area contributed by atoms with Crippen molar-refractivity contribution in [1.82, 2.24) is 0 Å². The van der Waals surface area contributed by atoms with Crippen LogP contribution in [0, 0.1) is 0 Å². The average Bonchev–Trinajstić information content (AvgIpc) is 3.28. The van der Waals surface area contributed by atoms with Gasteiger partial charge in [0.05, 0.1) is 14.2 Å². The minimum Gasteiger partial charge on any atom is -0.686 e. The summed E-state index contributed by atoms with van der Waals surface area (Å²) in [6.45, 7) is 27.5. The van der Waals surface area contributed by atoms with E-state index in [0.717, 1.165) is 22.9 Å². The van der Waals surface area contributed by atoms with E-state index >= 15 is 0 Å². The zero-order chi connectivity index (χ0) is 31.7. The van der Waals surface area contributed by atoms with Gasteiger partial charge in [0.25, 0.3) is 0 Å². The molecular weight excluding hydrogens is 562 g/mol. The molecule has 0 aliphatic heterocycles. The Kier molecular flexibility index (Phi) is 13.9.